The van der Waals surface area contributed by atoms with Gasteiger partial charge in [-0.2, -0.15) is 0 Å². The molecule has 1 heterocycles. The molecule has 3 aliphatic rings. The Balaban J connectivity index is 2.46. The summed E-state index contributed by atoms with van der Waals surface area (Å²) in [6.45, 7) is 20.1. The van der Waals surface area contributed by atoms with Gasteiger partial charge < -0.3 is 14.9 Å². The molecular weight excluding hydrogens is 516 g/mol. The third kappa shape index (κ3) is 5.59. The van der Waals surface area contributed by atoms with Crippen LogP contribution in [0.3, 0.4) is 0 Å². The zero-order valence-corrected chi connectivity index (χ0v) is 27.1. The van der Waals surface area contributed by atoms with Gasteiger partial charge in [-0.05, 0) is 87.0 Å². The first-order valence-corrected chi connectivity index (χ1v) is 15.1. The van der Waals surface area contributed by atoms with Crippen molar-refractivity contribution >= 4 is 17.3 Å². The molecule has 228 valence electrons. The first kappa shape index (κ1) is 33.2. The van der Waals surface area contributed by atoms with E-state index in [0.29, 0.717) is 37.0 Å². The average molecular weight is 569 g/mol. The first-order valence-electron chi connectivity index (χ1n) is 15.1. The van der Waals surface area contributed by atoms with Crippen LogP contribution in [0.15, 0.2) is 46.8 Å². The van der Waals surface area contributed by atoms with Gasteiger partial charge in [0, 0.05) is 23.3 Å². The van der Waals surface area contributed by atoms with Gasteiger partial charge in [-0.3, -0.25) is 14.4 Å². The van der Waals surface area contributed by atoms with E-state index in [1.165, 1.54) is 0 Å². The summed E-state index contributed by atoms with van der Waals surface area (Å²) in [5.41, 5.74) is -4.05. The van der Waals surface area contributed by atoms with Crippen molar-refractivity contribution in [3.63, 3.8) is 0 Å². The Morgan fingerprint density at radius 1 is 1.05 bits per heavy atom. The molecule has 6 nitrogen and oxygen atoms in total. The highest BCUT2D eigenvalue weighted by Crippen LogP contribution is 2.68. The summed E-state index contributed by atoms with van der Waals surface area (Å²) in [6.07, 6.45) is 8.87. The summed E-state index contributed by atoms with van der Waals surface area (Å²) in [4.78, 5) is 44.8. The second-order valence-electron chi connectivity index (χ2n) is 14.8. The van der Waals surface area contributed by atoms with Crippen LogP contribution >= 0.6 is 0 Å². The Kier molecular flexibility index (Phi) is 8.97. The Labute approximate surface area is 247 Å². The lowest BCUT2D eigenvalue weighted by atomic mass is 9.38. The van der Waals surface area contributed by atoms with Gasteiger partial charge in [0.25, 0.3) is 0 Å². The van der Waals surface area contributed by atoms with Gasteiger partial charge in [0.15, 0.2) is 22.8 Å². The van der Waals surface area contributed by atoms with E-state index in [0.717, 1.165) is 11.1 Å². The zero-order chi connectivity index (χ0) is 31.3. The average Bonchev–Trinajstić information content (AvgIpc) is 3.28. The molecule has 2 N–H and O–H groups in total. The summed E-state index contributed by atoms with van der Waals surface area (Å²) in [5, 5.41) is 21.6. The van der Waals surface area contributed by atoms with E-state index in [-0.39, 0.29) is 23.9 Å². The van der Waals surface area contributed by atoms with Gasteiger partial charge in [-0.15, -0.1) is 0 Å². The number of ketones is 3. The van der Waals surface area contributed by atoms with Crippen molar-refractivity contribution in [3.8, 4) is 0 Å². The van der Waals surface area contributed by atoms with Crippen LogP contribution < -0.4 is 0 Å². The van der Waals surface area contributed by atoms with Gasteiger partial charge in [0.2, 0.25) is 0 Å². The molecule has 2 bridgehead atoms. The highest BCUT2D eigenvalue weighted by atomic mass is 16.5. The smallest absolute Gasteiger partial charge is 0.184 e. The van der Waals surface area contributed by atoms with E-state index < -0.39 is 45.3 Å². The molecule has 1 saturated carbocycles. The van der Waals surface area contributed by atoms with Crippen LogP contribution in [-0.2, 0) is 19.1 Å². The highest BCUT2D eigenvalue weighted by molar-refractivity contribution is 6.33. The van der Waals surface area contributed by atoms with E-state index in [1.807, 2.05) is 46.8 Å². The summed E-state index contributed by atoms with van der Waals surface area (Å²) in [6, 6.07) is 0. The lowest BCUT2D eigenvalue weighted by molar-refractivity contribution is -0.178. The van der Waals surface area contributed by atoms with Crippen LogP contribution in [0.4, 0.5) is 0 Å². The van der Waals surface area contributed by atoms with Gasteiger partial charge >= 0.3 is 0 Å². The molecule has 0 saturated heterocycles. The number of fused-ring (bicyclic) bond motifs is 3. The van der Waals surface area contributed by atoms with Crippen molar-refractivity contribution in [1.82, 2.24) is 0 Å². The van der Waals surface area contributed by atoms with E-state index in [1.54, 1.807) is 47.6 Å². The predicted octanol–water partition coefficient (Wildman–Crippen LogP) is 6.61. The van der Waals surface area contributed by atoms with Crippen molar-refractivity contribution in [2.75, 3.05) is 0 Å². The van der Waals surface area contributed by atoms with Crippen LogP contribution in [0.2, 0.25) is 0 Å². The van der Waals surface area contributed by atoms with Crippen molar-refractivity contribution in [2.45, 2.75) is 126 Å². The molecule has 0 amide bonds. The number of carbonyl (C=O) groups excluding carboxylic acids is 3. The second-order valence-corrected chi connectivity index (χ2v) is 14.8. The van der Waals surface area contributed by atoms with Crippen molar-refractivity contribution < 1.29 is 29.3 Å². The van der Waals surface area contributed by atoms with Crippen LogP contribution in [0.1, 0.15) is 108 Å². The number of carbonyl (C=O) groups is 3. The fraction of sp³-hybridized carbons (Fsp3) is 0.686. The predicted molar refractivity (Wildman–Crippen MR) is 162 cm³/mol. The lowest BCUT2D eigenvalue weighted by Gasteiger charge is -2.60. The number of hydrogen-bond acceptors (Lipinski definition) is 6. The summed E-state index contributed by atoms with van der Waals surface area (Å²) in [7, 11) is 0. The monoisotopic (exact) mass is 568 g/mol. The van der Waals surface area contributed by atoms with Crippen molar-refractivity contribution in [1.29, 1.82) is 0 Å². The Hall–Kier alpha value is -2.31. The Bertz CT molecular complexity index is 1210. The number of allylic oxidation sites excluding steroid dienone is 6. The standard InChI is InChI=1S/C35H52O6/c1-21(2)13-12-16-33(11)24(15-17-31(7,8)39)20-34(18-14-22(3)4)29-25(19-26(41-29)32(9,10)40)28(37)35(33,30(34)38)27(36)23(5)6/h13-15,17,23-24,26,39-40H,12,16,18-20H2,1-11H3/b17-15+/t24-,26+,33+,34+,35-/m0/s1. The molecule has 0 aromatic heterocycles. The van der Waals surface area contributed by atoms with Gasteiger partial charge in [-0.25, -0.2) is 0 Å². The molecule has 0 radical (unpaired) electrons. The fourth-order valence-electron chi connectivity index (χ4n) is 7.15. The molecule has 0 spiro atoms. The molecule has 0 unspecified atom stereocenters. The quantitative estimate of drug-likeness (QED) is 0.227. The summed E-state index contributed by atoms with van der Waals surface area (Å²) in [5.74, 6) is -1.79. The van der Waals surface area contributed by atoms with Crippen LogP contribution in [0.25, 0.3) is 0 Å². The molecule has 1 fully saturated rings. The van der Waals surface area contributed by atoms with E-state index >= 15 is 4.79 Å². The summed E-state index contributed by atoms with van der Waals surface area (Å²) >= 11 is 0. The molecule has 2 aliphatic carbocycles. The van der Waals surface area contributed by atoms with Gasteiger partial charge in [0.1, 0.15) is 11.9 Å². The van der Waals surface area contributed by atoms with E-state index in [4.69, 9.17) is 4.74 Å². The molecule has 1 aliphatic heterocycles. The minimum absolute atomic E-state index is 0.156. The minimum Gasteiger partial charge on any atom is -0.490 e. The number of Topliss-reactive ketones (excluding diaryl/α,β-unsaturated/α-hetero) is 3. The maximum absolute atomic E-state index is 15.2. The molecule has 3 rings (SSSR count). The SMILES string of the molecule is CC(C)=CCC[C@]1(C)[C@@H](/C=C/C(C)(C)O)C[C@@]2(CC=C(C)C)C(=O)[C@]1(C(=O)C(C)C)C(=O)C1=C2O[C@@H](C(C)(C)O)C1. The maximum Gasteiger partial charge on any atom is 0.184 e. The second kappa shape index (κ2) is 11.1. The molecule has 41 heavy (non-hydrogen) atoms. The van der Waals surface area contributed by atoms with Gasteiger partial charge in [-0.1, -0.05) is 56.2 Å². The fourth-order valence-corrected chi connectivity index (χ4v) is 7.15. The normalized spacial score (nSPS) is 31.9. The number of ether oxygens (including phenoxy) is 1. The number of hydrogen-bond donors (Lipinski definition) is 2. The van der Waals surface area contributed by atoms with Crippen LogP contribution in [0, 0.1) is 28.1 Å². The topological polar surface area (TPSA) is 101 Å². The lowest BCUT2D eigenvalue weighted by Crippen LogP contribution is -2.70. The third-order valence-electron chi connectivity index (χ3n) is 9.49. The van der Waals surface area contributed by atoms with Crippen LogP contribution in [0.5, 0.6) is 0 Å². The van der Waals surface area contributed by atoms with E-state index in [9.17, 15) is 19.8 Å². The number of rotatable bonds is 10. The van der Waals surface area contributed by atoms with E-state index in [2.05, 4.69) is 6.08 Å². The minimum atomic E-state index is -1.91. The Morgan fingerprint density at radius 2 is 1.63 bits per heavy atom. The maximum atomic E-state index is 15.2. The zero-order valence-electron chi connectivity index (χ0n) is 27.1. The largest absolute Gasteiger partial charge is 0.490 e. The van der Waals surface area contributed by atoms with Crippen molar-refractivity contribution in [3.05, 3.63) is 46.8 Å². The van der Waals surface area contributed by atoms with Crippen LogP contribution in [-0.4, -0.2) is 44.9 Å². The first-order chi connectivity index (χ1) is 18.6. The molecule has 0 aromatic carbocycles. The Morgan fingerprint density at radius 3 is 2.12 bits per heavy atom. The molecule has 6 heteroatoms. The van der Waals surface area contributed by atoms with Crippen molar-refractivity contribution in [2.24, 2.45) is 28.1 Å². The highest BCUT2D eigenvalue weighted by Gasteiger charge is 2.77. The number of aliphatic hydroxyl groups is 2. The molecule has 0 aromatic rings. The van der Waals surface area contributed by atoms with Gasteiger partial charge in [0.05, 0.1) is 16.6 Å². The third-order valence-corrected chi connectivity index (χ3v) is 9.49. The summed E-state index contributed by atoms with van der Waals surface area (Å²) < 4.78 is 6.42. The molecular formula is C35H52O6. The molecule has 5 atom stereocenters.